The van der Waals surface area contributed by atoms with Gasteiger partial charge in [0, 0.05) is 30.3 Å². The van der Waals surface area contributed by atoms with Crippen molar-refractivity contribution in [1.82, 2.24) is 9.71 Å². The monoisotopic (exact) mass is 322 g/mol. The van der Waals surface area contributed by atoms with Crippen molar-refractivity contribution in [3.05, 3.63) is 35.5 Å². The van der Waals surface area contributed by atoms with E-state index >= 15 is 0 Å². The van der Waals surface area contributed by atoms with E-state index in [1.165, 1.54) is 10.9 Å². The highest BCUT2D eigenvalue weighted by molar-refractivity contribution is 7.90. The molecule has 1 atom stereocenters. The van der Waals surface area contributed by atoms with Crippen molar-refractivity contribution in [2.45, 2.75) is 31.4 Å². The first kappa shape index (κ1) is 15.5. The van der Waals surface area contributed by atoms with Crippen molar-refractivity contribution in [2.24, 2.45) is 0 Å². The maximum Gasteiger partial charge on any atom is 0.216 e. The van der Waals surface area contributed by atoms with Crippen molar-refractivity contribution in [2.75, 3.05) is 19.8 Å². The van der Waals surface area contributed by atoms with Gasteiger partial charge in [0.1, 0.15) is 5.25 Å². The summed E-state index contributed by atoms with van der Waals surface area (Å²) in [7, 11) is -3.26. The van der Waals surface area contributed by atoms with E-state index in [2.05, 4.69) is 34.8 Å². The van der Waals surface area contributed by atoms with Gasteiger partial charge in [0.15, 0.2) is 0 Å². The fourth-order valence-electron chi connectivity index (χ4n) is 2.98. The van der Waals surface area contributed by atoms with Crippen LogP contribution in [0.4, 0.5) is 0 Å². The Morgan fingerprint density at radius 3 is 2.95 bits per heavy atom. The molecule has 0 radical (unpaired) electrons. The number of para-hydroxylation sites is 1. The van der Waals surface area contributed by atoms with E-state index in [-0.39, 0.29) is 0 Å². The van der Waals surface area contributed by atoms with Crippen LogP contribution in [0, 0.1) is 0 Å². The number of H-pyrrole nitrogens is 1. The van der Waals surface area contributed by atoms with Crippen LogP contribution in [-0.2, 0) is 27.6 Å². The fourth-order valence-corrected chi connectivity index (χ4v) is 4.28. The summed E-state index contributed by atoms with van der Waals surface area (Å²) in [6.45, 7) is 3.39. The lowest BCUT2D eigenvalue weighted by atomic mass is 10.1. The number of hydrogen-bond acceptors (Lipinski definition) is 3. The molecule has 2 heterocycles. The summed E-state index contributed by atoms with van der Waals surface area (Å²) in [4.78, 5) is 3.31. The summed E-state index contributed by atoms with van der Waals surface area (Å²) >= 11 is 0. The number of aromatic nitrogens is 1. The number of nitrogens with one attached hydrogen (secondary N) is 2. The smallest absolute Gasteiger partial charge is 0.216 e. The largest absolute Gasteiger partial charge is 0.380 e. The predicted octanol–water partition coefficient (Wildman–Crippen LogP) is 1.98. The second-order valence-corrected chi connectivity index (χ2v) is 7.73. The molecule has 1 saturated heterocycles. The Bertz CT molecular complexity index is 746. The van der Waals surface area contributed by atoms with E-state index in [0.29, 0.717) is 32.6 Å². The van der Waals surface area contributed by atoms with Crippen LogP contribution in [0.1, 0.15) is 24.5 Å². The Hall–Kier alpha value is -1.37. The Morgan fingerprint density at radius 1 is 1.36 bits per heavy atom. The van der Waals surface area contributed by atoms with Crippen molar-refractivity contribution in [3.8, 4) is 0 Å². The number of hydrogen-bond donors (Lipinski definition) is 2. The fraction of sp³-hybridized carbons (Fsp3) is 0.500. The molecule has 2 aromatic rings. The zero-order chi connectivity index (χ0) is 15.6. The quantitative estimate of drug-likeness (QED) is 0.854. The Balaban J connectivity index is 1.67. The molecule has 1 aliphatic rings. The molecular formula is C16H22N2O3S. The first-order valence-electron chi connectivity index (χ1n) is 7.76. The average Bonchev–Trinajstić information content (AvgIpc) is 3.17. The van der Waals surface area contributed by atoms with Gasteiger partial charge in [0.25, 0.3) is 0 Å². The van der Waals surface area contributed by atoms with Gasteiger partial charge in [-0.25, -0.2) is 13.1 Å². The molecular weight excluding hydrogens is 300 g/mol. The molecule has 0 aliphatic carbocycles. The number of fused-ring (bicyclic) bond motifs is 1. The highest BCUT2D eigenvalue weighted by Crippen LogP contribution is 2.22. The number of ether oxygens (including phenoxy) is 1. The third kappa shape index (κ3) is 3.04. The standard InChI is InChI=1S/C16H22N2O3S/c1-2-12-4-3-5-15-13(10-17-16(12)15)6-8-18-22(19,20)14-7-9-21-11-14/h3-5,10,14,17-18H,2,6-9,11H2,1H3/t14-/m0/s1. The maximum atomic E-state index is 12.1. The number of benzene rings is 1. The molecule has 0 bridgehead atoms. The van der Waals surface area contributed by atoms with Gasteiger partial charge in [-0.2, -0.15) is 0 Å². The lowest BCUT2D eigenvalue weighted by Crippen LogP contribution is -2.35. The summed E-state index contributed by atoms with van der Waals surface area (Å²) in [6.07, 6.45) is 4.23. The molecule has 0 amide bonds. The average molecular weight is 322 g/mol. The topological polar surface area (TPSA) is 71.2 Å². The minimum atomic E-state index is -3.26. The van der Waals surface area contributed by atoms with E-state index in [1.54, 1.807) is 0 Å². The van der Waals surface area contributed by atoms with E-state index in [9.17, 15) is 8.42 Å². The Morgan fingerprint density at radius 2 is 2.23 bits per heavy atom. The molecule has 1 aromatic carbocycles. The molecule has 0 saturated carbocycles. The van der Waals surface area contributed by atoms with Gasteiger partial charge >= 0.3 is 0 Å². The summed E-state index contributed by atoms with van der Waals surface area (Å²) in [5.41, 5.74) is 3.59. The SMILES string of the molecule is CCc1cccc2c(CCNS(=O)(=O)[C@H]3CCOC3)c[nH]c12. The number of aromatic amines is 1. The molecule has 1 fully saturated rings. The predicted molar refractivity (Wildman–Crippen MR) is 87.5 cm³/mol. The number of sulfonamides is 1. The Kier molecular flexibility index (Phi) is 4.52. The minimum Gasteiger partial charge on any atom is -0.380 e. The highest BCUT2D eigenvalue weighted by Gasteiger charge is 2.28. The molecule has 6 heteroatoms. The van der Waals surface area contributed by atoms with Gasteiger partial charge in [-0.15, -0.1) is 0 Å². The van der Waals surface area contributed by atoms with Gasteiger partial charge in [0.2, 0.25) is 10.0 Å². The molecule has 1 aromatic heterocycles. The summed E-state index contributed by atoms with van der Waals surface area (Å²) in [5, 5.41) is 0.782. The van der Waals surface area contributed by atoms with Crippen molar-refractivity contribution >= 4 is 20.9 Å². The van der Waals surface area contributed by atoms with Gasteiger partial charge in [-0.1, -0.05) is 25.1 Å². The normalized spacial score (nSPS) is 19.0. The number of rotatable bonds is 6. The van der Waals surface area contributed by atoms with Crippen LogP contribution in [0.3, 0.4) is 0 Å². The zero-order valence-electron chi connectivity index (χ0n) is 12.8. The summed E-state index contributed by atoms with van der Waals surface area (Å²) in [6, 6.07) is 6.25. The van der Waals surface area contributed by atoms with Crippen molar-refractivity contribution in [3.63, 3.8) is 0 Å². The molecule has 0 spiro atoms. The van der Waals surface area contributed by atoms with Crippen LogP contribution in [0.15, 0.2) is 24.4 Å². The maximum absolute atomic E-state index is 12.1. The lowest BCUT2D eigenvalue weighted by molar-refractivity contribution is 0.198. The lowest BCUT2D eigenvalue weighted by Gasteiger charge is -2.11. The van der Waals surface area contributed by atoms with E-state index in [1.807, 2.05) is 6.20 Å². The highest BCUT2D eigenvalue weighted by atomic mass is 32.2. The van der Waals surface area contributed by atoms with Gasteiger partial charge in [0.05, 0.1) is 6.61 Å². The van der Waals surface area contributed by atoms with Gasteiger partial charge in [-0.3, -0.25) is 0 Å². The molecule has 1 aliphatic heterocycles. The molecule has 2 N–H and O–H groups in total. The second kappa shape index (κ2) is 6.40. The van der Waals surface area contributed by atoms with Crippen LogP contribution in [-0.4, -0.2) is 38.4 Å². The minimum absolute atomic E-state index is 0.308. The molecule has 22 heavy (non-hydrogen) atoms. The van der Waals surface area contributed by atoms with E-state index in [0.717, 1.165) is 17.5 Å². The van der Waals surface area contributed by atoms with Crippen LogP contribution in [0.5, 0.6) is 0 Å². The second-order valence-electron chi connectivity index (χ2n) is 5.68. The van der Waals surface area contributed by atoms with E-state index in [4.69, 9.17) is 4.74 Å². The van der Waals surface area contributed by atoms with Crippen LogP contribution >= 0.6 is 0 Å². The van der Waals surface area contributed by atoms with Crippen LogP contribution in [0.25, 0.3) is 10.9 Å². The van der Waals surface area contributed by atoms with Crippen LogP contribution < -0.4 is 4.72 Å². The third-order valence-corrected chi connectivity index (χ3v) is 6.15. The third-order valence-electron chi connectivity index (χ3n) is 4.29. The van der Waals surface area contributed by atoms with Gasteiger partial charge in [-0.05, 0) is 30.4 Å². The van der Waals surface area contributed by atoms with E-state index < -0.39 is 15.3 Å². The Labute approximate surface area is 131 Å². The summed E-state index contributed by atoms with van der Waals surface area (Å²) in [5.74, 6) is 0. The number of aryl methyl sites for hydroxylation is 1. The summed E-state index contributed by atoms with van der Waals surface area (Å²) < 4.78 is 32.1. The van der Waals surface area contributed by atoms with Crippen LogP contribution in [0.2, 0.25) is 0 Å². The zero-order valence-corrected chi connectivity index (χ0v) is 13.6. The molecule has 3 rings (SSSR count). The molecule has 0 unspecified atom stereocenters. The van der Waals surface area contributed by atoms with Crippen molar-refractivity contribution < 1.29 is 13.2 Å². The molecule has 120 valence electrons. The van der Waals surface area contributed by atoms with Crippen molar-refractivity contribution in [1.29, 1.82) is 0 Å². The van der Waals surface area contributed by atoms with Gasteiger partial charge < -0.3 is 9.72 Å². The first-order valence-corrected chi connectivity index (χ1v) is 9.30. The first-order chi connectivity index (χ1) is 10.6. The molecule has 5 nitrogen and oxygen atoms in total.